The molecule has 0 bridgehead atoms. The molecular formula is C22H14F5N5Pt. The third-order valence-electron chi connectivity index (χ3n) is 4.79. The molecule has 172 valence electrons. The van der Waals surface area contributed by atoms with Crippen LogP contribution in [-0.2, 0) is 32.7 Å². The standard InChI is InChI=1S/C22H14F5N5.Pt/c1-21(2,15-6-3-5-14(28-15)13-11-18(23)30-19(24)12-13)16-7-4-8-20(29-16)32-10-9-17(31-32)22(25,26)27;/h3-9,11H,1-2H3;/q-2;+2. The molecule has 0 aliphatic rings. The number of pyridine rings is 3. The third-order valence-corrected chi connectivity index (χ3v) is 4.79. The van der Waals surface area contributed by atoms with Gasteiger partial charge in [-0.3, -0.25) is 10.1 Å². The van der Waals surface area contributed by atoms with Gasteiger partial charge in [-0.25, -0.2) is 9.37 Å². The molecule has 4 heterocycles. The summed E-state index contributed by atoms with van der Waals surface area (Å²) < 4.78 is 66.5. The van der Waals surface area contributed by atoms with Gasteiger partial charge in [0.2, 0.25) is 0 Å². The van der Waals surface area contributed by atoms with E-state index in [1.165, 1.54) is 6.07 Å². The first-order chi connectivity index (χ1) is 15.0. The largest absolute Gasteiger partial charge is 2.00 e. The summed E-state index contributed by atoms with van der Waals surface area (Å²) in [5, 5.41) is 3.49. The van der Waals surface area contributed by atoms with E-state index in [1.54, 1.807) is 30.3 Å². The topological polar surface area (TPSA) is 56.5 Å². The van der Waals surface area contributed by atoms with Crippen molar-refractivity contribution in [1.82, 2.24) is 24.7 Å². The predicted molar refractivity (Wildman–Crippen MR) is 104 cm³/mol. The van der Waals surface area contributed by atoms with Gasteiger partial charge in [-0.2, -0.15) is 23.1 Å². The molecule has 0 amide bonds. The van der Waals surface area contributed by atoms with Crippen LogP contribution in [0.4, 0.5) is 22.0 Å². The molecule has 0 N–H and O–H groups in total. The molecule has 0 aliphatic heterocycles. The maximum atomic E-state index is 13.5. The quantitative estimate of drug-likeness (QED) is 0.181. The van der Waals surface area contributed by atoms with Crippen LogP contribution in [0.15, 0.2) is 48.5 Å². The molecular weight excluding hydrogens is 624 g/mol. The third kappa shape index (κ3) is 5.16. The molecule has 0 saturated carbocycles. The monoisotopic (exact) mass is 638 g/mol. The van der Waals surface area contributed by atoms with E-state index in [-0.39, 0.29) is 38.1 Å². The molecule has 4 aromatic rings. The Balaban J connectivity index is 0.00000306. The van der Waals surface area contributed by atoms with Gasteiger partial charge in [0.25, 0.3) is 0 Å². The summed E-state index contributed by atoms with van der Waals surface area (Å²) in [6.45, 7) is 3.63. The van der Waals surface area contributed by atoms with Gasteiger partial charge < -0.3 is 9.67 Å². The van der Waals surface area contributed by atoms with E-state index in [1.807, 2.05) is 13.8 Å². The molecule has 33 heavy (non-hydrogen) atoms. The molecule has 0 fully saturated rings. The molecule has 0 saturated heterocycles. The fraction of sp³-hybridized carbons (Fsp3) is 0.182. The minimum atomic E-state index is -4.59. The van der Waals surface area contributed by atoms with E-state index < -0.39 is 29.2 Å². The van der Waals surface area contributed by atoms with E-state index in [4.69, 9.17) is 0 Å². The van der Waals surface area contributed by atoms with Crippen LogP contribution in [-0.4, -0.2) is 24.7 Å². The van der Waals surface area contributed by atoms with Crippen LogP contribution in [0.5, 0.6) is 0 Å². The van der Waals surface area contributed by atoms with Crippen molar-refractivity contribution in [3.8, 4) is 17.1 Å². The van der Waals surface area contributed by atoms with Gasteiger partial charge in [-0.05, 0) is 31.7 Å². The molecule has 0 aliphatic carbocycles. The first kappa shape index (κ1) is 24.6. The van der Waals surface area contributed by atoms with E-state index >= 15 is 0 Å². The summed E-state index contributed by atoms with van der Waals surface area (Å²) in [4.78, 5) is 12.0. The molecule has 4 aromatic heterocycles. The average Bonchev–Trinajstić information content (AvgIpc) is 3.24. The predicted octanol–water partition coefficient (Wildman–Crippen LogP) is 4.95. The summed E-state index contributed by atoms with van der Waals surface area (Å²) in [5.74, 6) is -1.94. The van der Waals surface area contributed by atoms with E-state index in [0.29, 0.717) is 11.4 Å². The van der Waals surface area contributed by atoms with Gasteiger partial charge in [-0.1, -0.05) is 30.5 Å². The number of alkyl halides is 3. The minimum absolute atomic E-state index is 0. The summed E-state index contributed by atoms with van der Waals surface area (Å²) in [5.41, 5.74) is -0.496. The fourth-order valence-electron chi connectivity index (χ4n) is 3.06. The first-order valence-corrected chi connectivity index (χ1v) is 9.30. The second-order valence-corrected chi connectivity index (χ2v) is 7.39. The average molecular weight is 638 g/mol. The molecule has 11 heteroatoms. The van der Waals surface area contributed by atoms with Crippen molar-refractivity contribution in [3.05, 3.63) is 89.8 Å². The van der Waals surface area contributed by atoms with Gasteiger partial charge in [0, 0.05) is 16.8 Å². The zero-order valence-electron chi connectivity index (χ0n) is 17.1. The van der Waals surface area contributed by atoms with Crippen LogP contribution in [0.3, 0.4) is 0 Å². The SMILES string of the molecule is CC(C)(c1cccc(-c2[c-]c(F)nc(F)c2)n1)c1cccc(-n2[c-]cc(C(F)(F)F)n2)n1.[Pt+2]. The second kappa shape index (κ2) is 9.09. The van der Waals surface area contributed by atoms with Gasteiger partial charge in [0.15, 0.2) is 11.9 Å². The van der Waals surface area contributed by atoms with Crippen LogP contribution in [0.2, 0.25) is 0 Å². The molecule has 0 aromatic carbocycles. The Morgan fingerprint density at radius 3 is 2.18 bits per heavy atom. The van der Waals surface area contributed by atoms with Crippen LogP contribution in [0.25, 0.3) is 17.1 Å². The van der Waals surface area contributed by atoms with Crippen LogP contribution < -0.4 is 0 Å². The Morgan fingerprint density at radius 2 is 1.55 bits per heavy atom. The molecule has 5 nitrogen and oxygen atoms in total. The van der Waals surface area contributed by atoms with Gasteiger partial charge >= 0.3 is 27.2 Å². The van der Waals surface area contributed by atoms with Crippen LogP contribution in [0.1, 0.15) is 30.9 Å². The number of hydrogen-bond acceptors (Lipinski definition) is 4. The summed E-state index contributed by atoms with van der Waals surface area (Å²) in [6.07, 6.45) is -2.18. The number of halogens is 5. The first-order valence-electron chi connectivity index (χ1n) is 9.30. The molecule has 0 unspecified atom stereocenters. The zero-order chi connectivity index (χ0) is 23.1. The van der Waals surface area contributed by atoms with Crippen molar-refractivity contribution in [3.63, 3.8) is 0 Å². The Labute approximate surface area is 200 Å². The smallest absolute Gasteiger partial charge is 0.343 e. The van der Waals surface area contributed by atoms with Crippen molar-refractivity contribution in [2.45, 2.75) is 25.4 Å². The van der Waals surface area contributed by atoms with Gasteiger partial charge in [0.1, 0.15) is 0 Å². The number of aromatic nitrogens is 5. The van der Waals surface area contributed by atoms with E-state index in [0.717, 1.165) is 16.8 Å². The van der Waals surface area contributed by atoms with Gasteiger partial charge in [-0.15, -0.1) is 18.2 Å². The molecule has 0 atom stereocenters. The van der Waals surface area contributed by atoms with Crippen molar-refractivity contribution in [2.24, 2.45) is 0 Å². The Bertz CT molecular complexity index is 1270. The van der Waals surface area contributed by atoms with E-state index in [9.17, 15) is 22.0 Å². The van der Waals surface area contributed by atoms with Crippen molar-refractivity contribution < 1.29 is 43.0 Å². The Kier molecular flexibility index (Phi) is 6.79. The minimum Gasteiger partial charge on any atom is -0.343 e. The number of nitrogens with zero attached hydrogens (tertiary/aromatic N) is 5. The maximum Gasteiger partial charge on any atom is 2.00 e. The van der Waals surface area contributed by atoms with Gasteiger partial charge in [0.05, 0.1) is 11.5 Å². The normalized spacial score (nSPS) is 11.8. The van der Waals surface area contributed by atoms with Crippen molar-refractivity contribution in [1.29, 1.82) is 0 Å². The number of rotatable bonds is 4. The Hall–Kier alpha value is -3.00. The van der Waals surface area contributed by atoms with Crippen LogP contribution >= 0.6 is 0 Å². The zero-order valence-corrected chi connectivity index (χ0v) is 19.3. The Morgan fingerprint density at radius 1 is 0.879 bits per heavy atom. The van der Waals surface area contributed by atoms with Crippen molar-refractivity contribution in [2.75, 3.05) is 0 Å². The summed E-state index contributed by atoms with van der Waals surface area (Å²) in [6, 6.07) is 13.9. The molecule has 0 spiro atoms. The van der Waals surface area contributed by atoms with E-state index in [2.05, 4.69) is 32.3 Å². The second-order valence-electron chi connectivity index (χ2n) is 7.39. The fourth-order valence-corrected chi connectivity index (χ4v) is 3.06. The molecule has 0 radical (unpaired) electrons. The maximum absolute atomic E-state index is 13.5. The molecule has 4 rings (SSSR count). The van der Waals surface area contributed by atoms with Crippen molar-refractivity contribution >= 4 is 0 Å². The number of hydrogen-bond donors (Lipinski definition) is 0. The summed E-state index contributed by atoms with van der Waals surface area (Å²) >= 11 is 0. The van der Waals surface area contributed by atoms with Crippen LogP contribution in [0, 0.1) is 24.2 Å². The summed E-state index contributed by atoms with van der Waals surface area (Å²) in [7, 11) is 0.